The molecule has 3 aromatic rings. The van der Waals surface area contributed by atoms with E-state index in [4.69, 9.17) is 4.42 Å². The molecule has 146 valence electrons. The number of rotatable bonds is 8. The molecular formula is C22H26N4O2. The highest BCUT2D eigenvalue weighted by molar-refractivity contribution is 5.84. The molecule has 0 aliphatic rings. The zero-order chi connectivity index (χ0) is 19.9. The molecule has 2 unspecified atom stereocenters. The van der Waals surface area contributed by atoms with Crippen LogP contribution in [-0.4, -0.2) is 21.1 Å². The lowest BCUT2D eigenvalue weighted by molar-refractivity contribution is -0.123. The predicted molar refractivity (Wildman–Crippen MR) is 106 cm³/mol. The van der Waals surface area contributed by atoms with Gasteiger partial charge >= 0.3 is 0 Å². The Morgan fingerprint density at radius 2 is 1.89 bits per heavy atom. The lowest BCUT2D eigenvalue weighted by Gasteiger charge is -2.22. The van der Waals surface area contributed by atoms with Crippen molar-refractivity contribution in [2.45, 2.75) is 45.6 Å². The first-order valence-electron chi connectivity index (χ1n) is 9.57. The van der Waals surface area contributed by atoms with Crippen molar-refractivity contribution in [1.29, 1.82) is 0 Å². The van der Waals surface area contributed by atoms with Crippen LogP contribution in [0.3, 0.4) is 0 Å². The molecule has 2 heterocycles. The van der Waals surface area contributed by atoms with E-state index >= 15 is 0 Å². The van der Waals surface area contributed by atoms with Crippen LogP contribution in [0.15, 0.2) is 59.3 Å². The highest BCUT2D eigenvalue weighted by Crippen LogP contribution is 2.25. The fraction of sp³-hybridized carbons (Fsp3) is 0.364. The van der Waals surface area contributed by atoms with Crippen LogP contribution in [0.5, 0.6) is 0 Å². The molecule has 0 saturated heterocycles. The van der Waals surface area contributed by atoms with Gasteiger partial charge in [0.15, 0.2) is 0 Å². The molecular weight excluding hydrogens is 352 g/mol. The molecule has 1 N–H and O–H groups in total. The number of aromatic nitrogens is 3. The number of hydrogen-bond donors (Lipinski definition) is 1. The van der Waals surface area contributed by atoms with Crippen LogP contribution in [0.2, 0.25) is 0 Å². The van der Waals surface area contributed by atoms with Crippen molar-refractivity contribution in [2.24, 2.45) is 5.92 Å². The van der Waals surface area contributed by atoms with Crippen molar-refractivity contribution in [3.63, 3.8) is 0 Å². The second kappa shape index (κ2) is 9.26. The number of carbonyl (C=O) groups is 1. The summed E-state index contributed by atoms with van der Waals surface area (Å²) in [6, 6.07) is 13.4. The third kappa shape index (κ3) is 5.25. The maximum absolute atomic E-state index is 13.3. The molecule has 1 amide bonds. The first-order valence-corrected chi connectivity index (χ1v) is 9.57. The molecule has 0 bridgehead atoms. The third-order valence-corrected chi connectivity index (χ3v) is 4.54. The second-order valence-electron chi connectivity index (χ2n) is 7.38. The molecule has 0 radical (unpaired) electrons. The monoisotopic (exact) mass is 378 g/mol. The number of nitrogens with one attached hydrogen (secondary N) is 1. The van der Waals surface area contributed by atoms with Crippen LogP contribution in [0, 0.1) is 12.8 Å². The standard InChI is InChI=1S/C22H26N4O2/c1-15(2)12-20(22-26-25-16(3)28-22)24-21(27)19(18-9-5-4-6-10-18)13-17-8-7-11-23-14-17/h4-11,14-15,19-20H,12-13H2,1-3H3,(H,24,27). The van der Waals surface area contributed by atoms with E-state index in [0.29, 0.717) is 24.1 Å². The van der Waals surface area contributed by atoms with Crippen LogP contribution in [-0.2, 0) is 11.2 Å². The smallest absolute Gasteiger partial charge is 0.238 e. The normalized spacial score (nSPS) is 13.3. The average molecular weight is 378 g/mol. The molecule has 0 aliphatic heterocycles. The summed E-state index contributed by atoms with van der Waals surface area (Å²) in [5.41, 5.74) is 1.98. The van der Waals surface area contributed by atoms with E-state index in [1.165, 1.54) is 0 Å². The van der Waals surface area contributed by atoms with Crippen LogP contribution >= 0.6 is 0 Å². The Balaban J connectivity index is 1.84. The Morgan fingerprint density at radius 3 is 2.50 bits per heavy atom. The summed E-state index contributed by atoms with van der Waals surface area (Å²) >= 11 is 0. The maximum atomic E-state index is 13.3. The lowest BCUT2D eigenvalue weighted by atomic mass is 9.91. The molecule has 0 spiro atoms. The molecule has 6 nitrogen and oxygen atoms in total. The van der Waals surface area contributed by atoms with E-state index in [-0.39, 0.29) is 17.9 Å². The number of benzene rings is 1. The Morgan fingerprint density at radius 1 is 1.11 bits per heavy atom. The van der Waals surface area contributed by atoms with Gasteiger partial charge in [-0.25, -0.2) is 0 Å². The summed E-state index contributed by atoms with van der Waals surface area (Å²) in [7, 11) is 0. The fourth-order valence-corrected chi connectivity index (χ4v) is 3.22. The summed E-state index contributed by atoms with van der Waals surface area (Å²) in [6.07, 6.45) is 4.83. The predicted octanol–water partition coefficient (Wildman–Crippen LogP) is 4.00. The fourth-order valence-electron chi connectivity index (χ4n) is 3.22. The van der Waals surface area contributed by atoms with E-state index in [1.54, 1.807) is 19.3 Å². The molecule has 1 aromatic carbocycles. The molecule has 0 saturated carbocycles. The van der Waals surface area contributed by atoms with E-state index in [9.17, 15) is 4.79 Å². The van der Waals surface area contributed by atoms with Gasteiger partial charge < -0.3 is 9.73 Å². The van der Waals surface area contributed by atoms with Crippen LogP contribution in [0.1, 0.15) is 55.1 Å². The van der Waals surface area contributed by atoms with Crippen molar-refractivity contribution >= 4 is 5.91 Å². The number of amides is 1. The second-order valence-corrected chi connectivity index (χ2v) is 7.38. The first-order chi connectivity index (χ1) is 13.5. The summed E-state index contributed by atoms with van der Waals surface area (Å²) in [4.78, 5) is 17.5. The average Bonchev–Trinajstić information content (AvgIpc) is 3.13. The van der Waals surface area contributed by atoms with Crippen LogP contribution < -0.4 is 5.32 Å². The van der Waals surface area contributed by atoms with Crippen LogP contribution in [0.25, 0.3) is 0 Å². The zero-order valence-corrected chi connectivity index (χ0v) is 16.5. The Bertz CT molecular complexity index is 878. The molecule has 2 aromatic heterocycles. The van der Waals surface area contributed by atoms with Crippen molar-refractivity contribution in [3.8, 4) is 0 Å². The molecule has 6 heteroatoms. The van der Waals surface area contributed by atoms with E-state index in [0.717, 1.165) is 17.5 Å². The Kier molecular flexibility index (Phi) is 6.53. The number of pyridine rings is 1. The van der Waals surface area contributed by atoms with Gasteiger partial charge in [-0.3, -0.25) is 9.78 Å². The molecule has 0 aliphatic carbocycles. The molecule has 3 rings (SSSR count). The summed E-state index contributed by atoms with van der Waals surface area (Å²) < 4.78 is 5.60. The molecule has 2 atom stereocenters. The summed E-state index contributed by atoms with van der Waals surface area (Å²) in [5, 5.41) is 11.2. The first kappa shape index (κ1) is 19.7. The largest absolute Gasteiger partial charge is 0.423 e. The van der Waals surface area contributed by atoms with Gasteiger partial charge in [-0.1, -0.05) is 50.2 Å². The summed E-state index contributed by atoms with van der Waals surface area (Å²) in [5.74, 6) is 0.923. The van der Waals surface area contributed by atoms with E-state index in [1.807, 2.05) is 42.5 Å². The highest BCUT2D eigenvalue weighted by Gasteiger charge is 2.27. The number of nitrogens with zero attached hydrogens (tertiary/aromatic N) is 3. The van der Waals surface area contributed by atoms with E-state index in [2.05, 4.69) is 34.3 Å². The number of aryl methyl sites for hydroxylation is 1. The minimum Gasteiger partial charge on any atom is -0.423 e. The van der Waals surface area contributed by atoms with Gasteiger partial charge in [0, 0.05) is 19.3 Å². The van der Waals surface area contributed by atoms with Gasteiger partial charge in [0.25, 0.3) is 0 Å². The van der Waals surface area contributed by atoms with Crippen molar-refractivity contribution in [1.82, 2.24) is 20.5 Å². The Hall–Kier alpha value is -3.02. The topological polar surface area (TPSA) is 80.9 Å². The molecule has 28 heavy (non-hydrogen) atoms. The number of carbonyl (C=O) groups excluding carboxylic acids is 1. The highest BCUT2D eigenvalue weighted by atomic mass is 16.4. The minimum atomic E-state index is -0.330. The van der Waals surface area contributed by atoms with Gasteiger partial charge in [-0.15, -0.1) is 10.2 Å². The van der Waals surface area contributed by atoms with Crippen molar-refractivity contribution < 1.29 is 9.21 Å². The quantitative estimate of drug-likeness (QED) is 0.641. The van der Waals surface area contributed by atoms with Crippen LogP contribution in [0.4, 0.5) is 0 Å². The maximum Gasteiger partial charge on any atom is 0.238 e. The number of hydrogen-bond acceptors (Lipinski definition) is 5. The van der Waals surface area contributed by atoms with Gasteiger partial charge in [0.1, 0.15) is 6.04 Å². The lowest BCUT2D eigenvalue weighted by Crippen LogP contribution is -2.34. The van der Waals surface area contributed by atoms with Crippen molar-refractivity contribution in [2.75, 3.05) is 0 Å². The van der Waals surface area contributed by atoms with Gasteiger partial charge in [-0.05, 0) is 36.0 Å². The van der Waals surface area contributed by atoms with E-state index < -0.39 is 0 Å². The third-order valence-electron chi connectivity index (χ3n) is 4.54. The van der Waals surface area contributed by atoms with Gasteiger partial charge in [0.05, 0.1) is 5.92 Å². The Labute approximate surface area is 165 Å². The van der Waals surface area contributed by atoms with Crippen molar-refractivity contribution in [3.05, 3.63) is 77.8 Å². The zero-order valence-electron chi connectivity index (χ0n) is 16.5. The SMILES string of the molecule is Cc1nnc(C(CC(C)C)NC(=O)C(Cc2cccnc2)c2ccccc2)o1. The minimum absolute atomic E-state index is 0.0587. The summed E-state index contributed by atoms with van der Waals surface area (Å²) in [6.45, 7) is 5.96. The van der Waals surface area contributed by atoms with Gasteiger partial charge in [-0.2, -0.15) is 0 Å². The molecule has 0 fully saturated rings. The van der Waals surface area contributed by atoms with Gasteiger partial charge in [0.2, 0.25) is 17.7 Å².